The zero-order valence-corrected chi connectivity index (χ0v) is 18.6. The smallest absolute Gasteiger partial charge is 0.277 e. The van der Waals surface area contributed by atoms with Crippen molar-refractivity contribution in [2.24, 2.45) is 5.84 Å². The largest absolute Gasteiger partial charge is 0.378 e. The molecule has 0 bridgehead atoms. The maximum Gasteiger partial charge on any atom is 0.277 e. The molecule has 32 heavy (non-hydrogen) atoms. The lowest BCUT2D eigenvalue weighted by molar-refractivity contribution is 0.0956. The standard InChI is InChI=1S/C23H25N5O3S/c1-30-15-22-25-13-21(32-22)20-12-18(27-31-20)23(29)26-17-10-6-3-7-11-19(17)28(24)14-16-8-4-2-5-9-16/h2,4-6,8-10,12-13H,3,7,11,14-15,24H2,1H3,(H,26,29). The van der Waals surface area contributed by atoms with E-state index in [1.807, 2.05) is 42.5 Å². The number of carbonyl (C=O) groups is 1. The number of hydrazine groups is 1. The fourth-order valence-electron chi connectivity index (χ4n) is 3.41. The molecule has 0 unspecified atom stereocenters. The van der Waals surface area contributed by atoms with Crippen LogP contribution in [0.3, 0.4) is 0 Å². The number of ether oxygens (including phenoxy) is 1. The summed E-state index contributed by atoms with van der Waals surface area (Å²) >= 11 is 1.43. The molecule has 2 heterocycles. The highest BCUT2D eigenvalue weighted by Crippen LogP contribution is 2.27. The van der Waals surface area contributed by atoms with Crippen molar-refractivity contribution >= 4 is 17.2 Å². The van der Waals surface area contributed by atoms with Gasteiger partial charge < -0.3 is 19.6 Å². The number of benzene rings is 1. The second-order valence-corrected chi connectivity index (χ2v) is 8.47. The Morgan fingerprint density at radius 2 is 2.19 bits per heavy atom. The molecule has 9 heteroatoms. The summed E-state index contributed by atoms with van der Waals surface area (Å²) in [5.41, 5.74) is 2.85. The average molecular weight is 452 g/mol. The van der Waals surface area contributed by atoms with Gasteiger partial charge in [0, 0.05) is 19.4 Å². The summed E-state index contributed by atoms with van der Waals surface area (Å²) < 4.78 is 10.5. The molecular formula is C23H25N5O3S. The molecule has 4 rings (SSSR count). The minimum atomic E-state index is -0.353. The third-order valence-corrected chi connectivity index (χ3v) is 5.96. The Morgan fingerprint density at radius 1 is 1.34 bits per heavy atom. The number of hydrogen-bond acceptors (Lipinski definition) is 8. The van der Waals surface area contributed by atoms with E-state index in [1.54, 1.807) is 24.4 Å². The van der Waals surface area contributed by atoms with E-state index in [1.165, 1.54) is 11.3 Å². The van der Waals surface area contributed by atoms with Crippen LogP contribution in [0.2, 0.25) is 0 Å². The van der Waals surface area contributed by atoms with E-state index >= 15 is 0 Å². The van der Waals surface area contributed by atoms with Crippen molar-refractivity contribution in [3.63, 3.8) is 0 Å². The lowest BCUT2D eigenvalue weighted by Gasteiger charge is -2.24. The Morgan fingerprint density at radius 3 is 3.00 bits per heavy atom. The number of nitrogens with two attached hydrogens (primary N) is 1. The zero-order chi connectivity index (χ0) is 22.3. The highest BCUT2D eigenvalue weighted by atomic mass is 32.1. The second kappa shape index (κ2) is 10.4. The maximum absolute atomic E-state index is 12.9. The zero-order valence-electron chi connectivity index (χ0n) is 17.8. The number of nitrogens with zero attached hydrogens (tertiary/aromatic N) is 3. The number of amides is 1. The van der Waals surface area contributed by atoms with E-state index in [0.29, 0.717) is 24.6 Å². The van der Waals surface area contributed by atoms with Crippen LogP contribution in [0.1, 0.15) is 40.3 Å². The molecule has 0 saturated carbocycles. The highest BCUT2D eigenvalue weighted by Gasteiger charge is 2.19. The van der Waals surface area contributed by atoms with Crippen molar-refractivity contribution in [1.29, 1.82) is 0 Å². The van der Waals surface area contributed by atoms with Gasteiger partial charge in [-0.25, -0.2) is 10.8 Å². The molecule has 0 radical (unpaired) electrons. The first-order chi connectivity index (χ1) is 15.6. The quantitative estimate of drug-likeness (QED) is 0.394. The van der Waals surface area contributed by atoms with Crippen LogP contribution < -0.4 is 11.2 Å². The van der Waals surface area contributed by atoms with Crippen LogP contribution in [0.5, 0.6) is 0 Å². The van der Waals surface area contributed by atoms with Crippen molar-refractivity contribution in [3.8, 4) is 10.6 Å². The van der Waals surface area contributed by atoms with Gasteiger partial charge in [0.05, 0.1) is 29.4 Å². The summed E-state index contributed by atoms with van der Waals surface area (Å²) in [6, 6.07) is 11.6. The van der Waals surface area contributed by atoms with Gasteiger partial charge in [-0.2, -0.15) is 0 Å². The number of hydrogen-bond donors (Lipinski definition) is 2. The van der Waals surface area contributed by atoms with E-state index in [-0.39, 0.29) is 11.6 Å². The first-order valence-electron chi connectivity index (χ1n) is 10.3. The van der Waals surface area contributed by atoms with E-state index < -0.39 is 0 Å². The van der Waals surface area contributed by atoms with Crippen LogP contribution >= 0.6 is 11.3 Å². The second-order valence-electron chi connectivity index (χ2n) is 7.35. The molecule has 0 atom stereocenters. The average Bonchev–Trinajstić information content (AvgIpc) is 3.41. The number of rotatable bonds is 8. The van der Waals surface area contributed by atoms with Gasteiger partial charge in [0.15, 0.2) is 11.5 Å². The van der Waals surface area contributed by atoms with Gasteiger partial charge in [-0.15, -0.1) is 11.3 Å². The topological polar surface area (TPSA) is 107 Å². The van der Waals surface area contributed by atoms with Gasteiger partial charge in [0.25, 0.3) is 5.91 Å². The van der Waals surface area contributed by atoms with Gasteiger partial charge in [-0.1, -0.05) is 41.6 Å². The van der Waals surface area contributed by atoms with E-state index in [2.05, 4.69) is 15.5 Å². The Hall–Kier alpha value is -3.27. The minimum Gasteiger partial charge on any atom is -0.378 e. The third-order valence-electron chi connectivity index (χ3n) is 4.98. The Balaban J connectivity index is 1.51. The molecule has 0 fully saturated rings. The normalized spacial score (nSPS) is 13.8. The molecular weight excluding hydrogens is 426 g/mol. The molecule has 1 aromatic carbocycles. The van der Waals surface area contributed by atoms with Crippen LogP contribution in [0.4, 0.5) is 0 Å². The number of thiazole rings is 1. The van der Waals surface area contributed by atoms with E-state index in [0.717, 1.165) is 40.4 Å². The van der Waals surface area contributed by atoms with Gasteiger partial charge in [-0.3, -0.25) is 4.79 Å². The van der Waals surface area contributed by atoms with Gasteiger partial charge in [-0.05, 0) is 30.9 Å². The molecule has 3 aromatic rings. The highest BCUT2D eigenvalue weighted by molar-refractivity contribution is 7.15. The number of aromatic nitrogens is 2. The first kappa shape index (κ1) is 21.9. The molecule has 1 aliphatic rings. The fraction of sp³-hybridized carbons (Fsp3) is 0.261. The molecule has 3 N–H and O–H groups in total. The number of nitrogens with one attached hydrogen (secondary N) is 1. The van der Waals surface area contributed by atoms with Gasteiger partial charge in [0.2, 0.25) is 0 Å². The van der Waals surface area contributed by atoms with Crippen LogP contribution in [0.15, 0.2) is 70.7 Å². The van der Waals surface area contributed by atoms with Crippen molar-refractivity contribution in [2.75, 3.05) is 7.11 Å². The predicted molar refractivity (Wildman–Crippen MR) is 122 cm³/mol. The summed E-state index contributed by atoms with van der Waals surface area (Å²) in [4.78, 5) is 18.0. The van der Waals surface area contributed by atoms with Crippen LogP contribution in [0, 0.1) is 0 Å². The minimum absolute atomic E-state index is 0.192. The summed E-state index contributed by atoms with van der Waals surface area (Å²) in [7, 11) is 1.62. The third kappa shape index (κ3) is 5.31. The predicted octanol–water partition coefficient (Wildman–Crippen LogP) is 4.00. The van der Waals surface area contributed by atoms with Crippen LogP contribution in [-0.2, 0) is 17.9 Å². The van der Waals surface area contributed by atoms with Gasteiger partial charge in [0.1, 0.15) is 5.01 Å². The van der Waals surface area contributed by atoms with E-state index in [4.69, 9.17) is 15.1 Å². The SMILES string of the molecule is COCc1ncc(-c2cc(C(=O)NC3=C(N(N)Cc4ccccc4)CCCC=C3)no2)s1. The number of methoxy groups -OCH3 is 1. The van der Waals surface area contributed by atoms with Crippen molar-refractivity contribution in [2.45, 2.75) is 32.4 Å². The van der Waals surface area contributed by atoms with Crippen molar-refractivity contribution < 1.29 is 14.1 Å². The molecule has 0 saturated heterocycles. The first-order valence-corrected chi connectivity index (χ1v) is 11.1. The summed E-state index contributed by atoms with van der Waals surface area (Å²) in [5, 5.41) is 9.42. The number of carbonyl (C=O) groups excluding carboxylic acids is 1. The lowest BCUT2D eigenvalue weighted by Crippen LogP contribution is -2.34. The molecule has 1 aliphatic carbocycles. The fourth-order valence-corrected chi connectivity index (χ4v) is 4.24. The van der Waals surface area contributed by atoms with Crippen molar-refractivity contribution in [1.82, 2.24) is 20.5 Å². The maximum atomic E-state index is 12.9. The molecule has 0 aliphatic heterocycles. The summed E-state index contributed by atoms with van der Waals surface area (Å²) in [6.07, 6.45) is 8.28. The molecule has 1 amide bonds. The monoisotopic (exact) mass is 451 g/mol. The Kier molecular flexibility index (Phi) is 7.10. The molecule has 166 valence electrons. The number of allylic oxidation sites excluding steroid dienone is 3. The molecule has 0 spiro atoms. The Bertz CT molecular complexity index is 1120. The Labute approximate surface area is 190 Å². The van der Waals surface area contributed by atoms with Gasteiger partial charge >= 0.3 is 0 Å². The summed E-state index contributed by atoms with van der Waals surface area (Å²) in [6.45, 7) is 0.973. The lowest BCUT2D eigenvalue weighted by atomic mass is 10.1. The van der Waals surface area contributed by atoms with E-state index in [9.17, 15) is 4.79 Å². The molecule has 2 aromatic heterocycles. The summed E-state index contributed by atoms with van der Waals surface area (Å²) in [5.74, 6) is 6.54. The molecule has 8 nitrogen and oxygen atoms in total. The van der Waals surface area contributed by atoms with Crippen LogP contribution in [-0.4, -0.2) is 28.2 Å². The van der Waals surface area contributed by atoms with Crippen LogP contribution in [0.25, 0.3) is 10.6 Å². The van der Waals surface area contributed by atoms with Crippen molar-refractivity contribution in [3.05, 3.63) is 82.4 Å².